The maximum absolute atomic E-state index is 15.7. The van der Waals surface area contributed by atoms with Crippen LogP contribution in [0.2, 0.25) is 5.02 Å². The molecule has 9 heteroatoms. The first kappa shape index (κ1) is 26.2. The van der Waals surface area contributed by atoms with Crippen LogP contribution in [0.4, 0.5) is 4.39 Å². The van der Waals surface area contributed by atoms with Gasteiger partial charge in [0.05, 0.1) is 27.9 Å². The van der Waals surface area contributed by atoms with Gasteiger partial charge in [0.15, 0.2) is 0 Å². The number of carboxylic acids is 1. The minimum absolute atomic E-state index is 0.109. The number of benzene rings is 1. The number of fused-ring (bicyclic) bond motifs is 1. The van der Waals surface area contributed by atoms with Gasteiger partial charge in [0.25, 0.3) is 5.91 Å². The van der Waals surface area contributed by atoms with Crippen LogP contribution in [0.25, 0.3) is 5.57 Å². The smallest absolute Gasteiger partial charge is 0.306 e. The predicted molar refractivity (Wildman–Crippen MR) is 144 cm³/mol. The Bertz CT molecular complexity index is 1390. The number of rotatable bonds is 5. The number of aromatic nitrogens is 2. The second kappa shape index (κ2) is 9.88. The summed E-state index contributed by atoms with van der Waals surface area (Å²) in [6.07, 6.45) is 6.47. The SMILES string of the molecule is CC1CN(C(=O)C2CCc3c(C4=CCC(C(=O)O)CC4)nn(C(=O)c4c(Cl)cccc4C4(F)CCC4)c3C2)C1. The molecule has 1 N–H and O–H groups in total. The van der Waals surface area contributed by atoms with E-state index < -0.39 is 23.5 Å². The maximum Gasteiger partial charge on any atom is 0.306 e. The molecule has 2 unspecified atom stereocenters. The molecule has 1 aromatic carbocycles. The van der Waals surface area contributed by atoms with Gasteiger partial charge in [-0.05, 0) is 68.9 Å². The molecular weight excluding hydrogens is 521 g/mol. The standard InChI is InChI=1S/C30H33ClFN3O4/c1-17-15-34(16-17)27(36)20-10-11-21-24(14-20)35(33-26(21)18-6-8-19(9-7-18)29(38)39)28(37)25-22(4-2-5-23(25)31)30(32)12-3-13-30/h2,4-6,17,19-20H,3,7-16H2,1H3,(H,38,39). The summed E-state index contributed by atoms with van der Waals surface area (Å²) in [7, 11) is 0. The van der Waals surface area contributed by atoms with Crippen LogP contribution in [0, 0.1) is 17.8 Å². The summed E-state index contributed by atoms with van der Waals surface area (Å²) in [4.78, 5) is 40.8. The number of amides is 1. The summed E-state index contributed by atoms with van der Waals surface area (Å²) in [6, 6.07) is 4.92. The molecule has 4 aliphatic rings. The van der Waals surface area contributed by atoms with E-state index in [9.17, 15) is 19.5 Å². The number of hydrogen-bond acceptors (Lipinski definition) is 4. The lowest BCUT2D eigenvalue weighted by Gasteiger charge is -2.40. The highest BCUT2D eigenvalue weighted by Gasteiger charge is 2.43. The van der Waals surface area contributed by atoms with E-state index in [0.29, 0.717) is 74.2 Å². The number of alkyl halides is 1. The molecule has 1 saturated carbocycles. The van der Waals surface area contributed by atoms with E-state index in [1.807, 2.05) is 11.0 Å². The van der Waals surface area contributed by atoms with Crippen molar-refractivity contribution in [2.75, 3.05) is 13.1 Å². The Morgan fingerprint density at radius 1 is 1.13 bits per heavy atom. The quantitative estimate of drug-likeness (QED) is 0.533. The number of likely N-dealkylation sites (tertiary alicyclic amines) is 1. The lowest BCUT2D eigenvalue weighted by Crippen LogP contribution is -2.51. The number of halogens is 2. The lowest BCUT2D eigenvalue weighted by molar-refractivity contribution is -0.142. The molecule has 0 spiro atoms. The van der Waals surface area contributed by atoms with Gasteiger partial charge >= 0.3 is 5.97 Å². The van der Waals surface area contributed by atoms with Gasteiger partial charge in [0.2, 0.25) is 5.91 Å². The van der Waals surface area contributed by atoms with Crippen molar-refractivity contribution in [1.29, 1.82) is 0 Å². The predicted octanol–water partition coefficient (Wildman–Crippen LogP) is 5.43. The van der Waals surface area contributed by atoms with Crippen molar-refractivity contribution in [3.05, 3.63) is 57.4 Å². The molecule has 2 aromatic rings. The molecule has 6 rings (SSSR count). The Morgan fingerprint density at radius 3 is 2.49 bits per heavy atom. The number of carbonyl (C=O) groups is 3. The zero-order chi connectivity index (χ0) is 27.5. The van der Waals surface area contributed by atoms with Crippen LogP contribution < -0.4 is 0 Å². The summed E-state index contributed by atoms with van der Waals surface area (Å²) in [5, 5.41) is 14.4. The highest BCUT2D eigenvalue weighted by Crippen LogP contribution is 2.47. The number of carboxylic acid groups (broad SMARTS) is 1. The number of allylic oxidation sites excluding steroid dienone is 2. The molecule has 1 aromatic heterocycles. The fourth-order valence-corrected chi connectivity index (χ4v) is 6.89. The zero-order valence-corrected chi connectivity index (χ0v) is 22.8. The third kappa shape index (κ3) is 4.50. The van der Waals surface area contributed by atoms with Crippen LogP contribution in [0.3, 0.4) is 0 Å². The zero-order valence-electron chi connectivity index (χ0n) is 22.1. The Hall–Kier alpha value is -3.00. The molecule has 1 amide bonds. The Morgan fingerprint density at radius 2 is 1.87 bits per heavy atom. The summed E-state index contributed by atoms with van der Waals surface area (Å²) >= 11 is 6.55. The first-order valence-electron chi connectivity index (χ1n) is 14.0. The normalized spacial score (nSPS) is 24.3. The van der Waals surface area contributed by atoms with E-state index in [-0.39, 0.29) is 22.4 Å². The van der Waals surface area contributed by atoms with Crippen LogP contribution in [0.5, 0.6) is 0 Å². The average Bonchev–Trinajstić information content (AvgIpc) is 3.28. The van der Waals surface area contributed by atoms with Crippen LogP contribution in [0.1, 0.15) is 84.7 Å². The first-order chi connectivity index (χ1) is 18.7. The maximum atomic E-state index is 15.7. The van der Waals surface area contributed by atoms with Gasteiger partial charge in [-0.2, -0.15) is 9.78 Å². The molecule has 2 fully saturated rings. The Kier molecular flexibility index (Phi) is 6.64. The number of aliphatic carboxylic acids is 1. The largest absolute Gasteiger partial charge is 0.481 e. The summed E-state index contributed by atoms with van der Waals surface area (Å²) < 4.78 is 17.0. The fourth-order valence-electron chi connectivity index (χ4n) is 6.64. The molecule has 1 saturated heterocycles. The van der Waals surface area contributed by atoms with E-state index in [2.05, 4.69) is 6.92 Å². The minimum atomic E-state index is -1.59. The highest BCUT2D eigenvalue weighted by atomic mass is 35.5. The second-order valence-electron chi connectivity index (χ2n) is 11.8. The van der Waals surface area contributed by atoms with Gasteiger partial charge in [0.1, 0.15) is 5.67 Å². The van der Waals surface area contributed by atoms with Crippen molar-refractivity contribution in [3.63, 3.8) is 0 Å². The van der Waals surface area contributed by atoms with Gasteiger partial charge < -0.3 is 10.0 Å². The van der Waals surface area contributed by atoms with Gasteiger partial charge in [-0.15, -0.1) is 0 Å². The molecule has 0 radical (unpaired) electrons. The van der Waals surface area contributed by atoms with E-state index in [4.69, 9.17) is 16.7 Å². The molecule has 2 heterocycles. The van der Waals surface area contributed by atoms with Gasteiger partial charge in [0, 0.05) is 36.6 Å². The molecule has 2 atom stereocenters. The van der Waals surface area contributed by atoms with Gasteiger partial charge in [-0.25, -0.2) is 4.39 Å². The number of hydrogen-bond donors (Lipinski definition) is 1. The summed E-state index contributed by atoms with van der Waals surface area (Å²) in [5.41, 5.74) is 2.08. The van der Waals surface area contributed by atoms with Gasteiger partial charge in [-0.3, -0.25) is 14.4 Å². The average molecular weight is 554 g/mol. The molecule has 0 bridgehead atoms. The monoisotopic (exact) mass is 553 g/mol. The van der Waals surface area contributed by atoms with Crippen LogP contribution in [0.15, 0.2) is 24.3 Å². The van der Waals surface area contributed by atoms with E-state index >= 15 is 4.39 Å². The van der Waals surface area contributed by atoms with Crippen LogP contribution in [-0.2, 0) is 28.1 Å². The van der Waals surface area contributed by atoms with Crippen LogP contribution >= 0.6 is 11.6 Å². The van der Waals surface area contributed by atoms with Crippen molar-refractivity contribution < 1.29 is 23.9 Å². The van der Waals surface area contributed by atoms with Gasteiger partial charge in [-0.1, -0.05) is 36.7 Å². The molecular formula is C30H33ClFN3O4. The van der Waals surface area contributed by atoms with Crippen molar-refractivity contribution in [1.82, 2.24) is 14.7 Å². The summed E-state index contributed by atoms with van der Waals surface area (Å²) in [5.74, 6) is -1.36. The molecule has 206 valence electrons. The topological polar surface area (TPSA) is 92.5 Å². The minimum Gasteiger partial charge on any atom is -0.481 e. The van der Waals surface area contributed by atoms with Crippen molar-refractivity contribution in [2.24, 2.45) is 17.8 Å². The van der Waals surface area contributed by atoms with Crippen molar-refractivity contribution in [2.45, 2.75) is 70.4 Å². The van der Waals surface area contributed by atoms with Crippen molar-refractivity contribution >= 4 is 35.0 Å². The number of carbonyl (C=O) groups excluding carboxylic acids is 2. The Balaban J connectivity index is 1.41. The molecule has 39 heavy (non-hydrogen) atoms. The van der Waals surface area contributed by atoms with E-state index in [1.165, 1.54) is 4.68 Å². The van der Waals surface area contributed by atoms with Crippen LogP contribution in [-0.4, -0.2) is 50.7 Å². The molecule has 7 nitrogen and oxygen atoms in total. The fraction of sp³-hybridized carbons (Fsp3) is 0.533. The van der Waals surface area contributed by atoms with E-state index in [0.717, 1.165) is 30.6 Å². The molecule has 1 aliphatic heterocycles. The lowest BCUT2D eigenvalue weighted by atomic mass is 9.75. The van der Waals surface area contributed by atoms with E-state index in [1.54, 1.807) is 18.2 Å². The molecule has 3 aliphatic carbocycles. The Labute approximate surface area is 232 Å². The third-order valence-corrected chi connectivity index (χ3v) is 9.43. The van der Waals surface area contributed by atoms with Crippen molar-refractivity contribution in [3.8, 4) is 0 Å². The summed E-state index contributed by atoms with van der Waals surface area (Å²) in [6.45, 7) is 3.63. The third-order valence-electron chi connectivity index (χ3n) is 9.11. The number of nitrogens with zero attached hydrogens (tertiary/aromatic N) is 3. The highest BCUT2D eigenvalue weighted by molar-refractivity contribution is 6.34. The second-order valence-corrected chi connectivity index (χ2v) is 12.2. The first-order valence-corrected chi connectivity index (χ1v) is 14.4.